The monoisotopic (exact) mass is 229 g/mol. The number of rotatable bonds is 0. The summed E-state index contributed by atoms with van der Waals surface area (Å²) in [6, 6.07) is 0. The van der Waals surface area contributed by atoms with Crippen molar-refractivity contribution >= 4 is 32.9 Å². The van der Waals surface area contributed by atoms with Gasteiger partial charge in [0.15, 0.2) is 11.3 Å². The minimum absolute atomic E-state index is 0.244. The molecule has 0 radical (unpaired) electrons. The van der Waals surface area contributed by atoms with Crippen molar-refractivity contribution in [2.24, 2.45) is 0 Å². The van der Waals surface area contributed by atoms with Crippen LogP contribution in [0.25, 0.3) is 11.2 Å². The van der Waals surface area contributed by atoms with Crippen LogP contribution in [0.1, 0.15) is 0 Å². The quantitative estimate of drug-likeness (QED) is 0.505. The summed E-state index contributed by atoms with van der Waals surface area (Å²) in [5, 5.41) is 9.28. The summed E-state index contributed by atoms with van der Waals surface area (Å²) >= 11 is 3.02. The number of nitrogens with zero attached hydrogens (tertiary/aromatic N) is 4. The van der Waals surface area contributed by atoms with Crippen LogP contribution in [0, 0.1) is 0 Å². The molecule has 0 bridgehead atoms. The molecule has 0 amide bonds. The summed E-state index contributed by atoms with van der Waals surface area (Å²) in [6.07, 6.45) is 1.26. The van der Waals surface area contributed by atoms with Gasteiger partial charge in [0.1, 0.15) is 6.33 Å². The molecule has 6 nitrogen and oxygen atoms in total. The van der Waals surface area contributed by atoms with E-state index in [0.717, 1.165) is 4.73 Å². The Bertz CT molecular complexity index is 439. The zero-order valence-electron chi connectivity index (χ0n) is 5.77. The van der Waals surface area contributed by atoms with Crippen LogP contribution in [-0.4, -0.2) is 24.9 Å². The van der Waals surface area contributed by atoms with Gasteiger partial charge in [-0.1, -0.05) is 0 Å². The highest BCUT2D eigenvalue weighted by Gasteiger charge is 2.10. The van der Waals surface area contributed by atoms with Crippen LogP contribution >= 0.6 is 15.9 Å². The molecule has 0 saturated heterocycles. The predicted molar refractivity (Wildman–Crippen MR) is 44.6 cm³/mol. The first-order chi connectivity index (χ1) is 5.70. The van der Waals surface area contributed by atoms with E-state index in [9.17, 15) is 5.21 Å². The molecule has 2 aromatic rings. The Morgan fingerprint density at radius 2 is 2.25 bits per heavy atom. The van der Waals surface area contributed by atoms with E-state index in [1.165, 1.54) is 6.33 Å². The zero-order valence-corrected chi connectivity index (χ0v) is 7.35. The van der Waals surface area contributed by atoms with Crippen molar-refractivity contribution in [1.29, 1.82) is 0 Å². The maximum Gasteiger partial charge on any atom is 0.214 e. The third kappa shape index (κ3) is 0.828. The number of nitrogen functional groups attached to an aromatic ring is 1. The van der Waals surface area contributed by atoms with Crippen LogP contribution in [0.15, 0.2) is 11.1 Å². The van der Waals surface area contributed by atoms with Gasteiger partial charge in [0, 0.05) is 0 Å². The molecule has 0 aliphatic heterocycles. The summed E-state index contributed by atoms with van der Waals surface area (Å²) in [5.41, 5.74) is 6.15. The minimum atomic E-state index is 0.244. The maximum atomic E-state index is 9.28. The van der Waals surface area contributed by atoms with Crippen molar-refractivity contribution in [2.75, 3.05) is 5.73 Å². The number of aromatic nitrogens is 4. The van der Waals surface area contributed by atoms with Gasteiger partial charge in [-0.15, -0.1) is 4.73 Å². The van der Waals surface area contributed by atoms with Crippen molar-refractivity contribution in [3.63, 3.8) is 0 Å². The molecule has 0 aliphatic carbocycles. The number of hydrogen-bond donors (Lipinski definition) is 2. The predicted octanol–water partition coefficient (Wildman–Crippen LogP) is 0.408. The molecule has 2 aromatic heterocycles. The molecular weight excluding hydrogens is 226 g/mol. The van der Waals surface area contributed by atoms with Crippen LogP contribution in [0.3, 0.4) is 0 Å². The van der Waals surface area contributed by atoms with Crippen LogP contribution in [0.4, 0.5) is 5.82 Å². The highest BCUT2D eigenvalue weighted by Crippen LogP contribution is 2.18. The third-order valence-corrected chi connectivity index (χ3v) is 1.92. The van der Waals surface area contributed by atoms with Crippen LogP contribution < -0.4 is 5.73 Å². The van der Waals surface area contributed by atoms with Gasteiger partial charge in [0.2, 0.25) is 10.4 Å². The molecule has 0 unspecified atom stereocenters. The van der Waals surface area contributed by atoms with E-state index >= 15 is 0 Å². The number of hydrogen-bond acceptors (Lipinski definition) is 5. The summed E-state index contributed by atoms with van der Waals surface area (Å²) < 4.78 is 1.05. The first kappa shape index (κ1) is 7.29. The number of nitrogens with two attached hydrogens (primary N) is 1. The standard InChI is InChI=1S/C5H4BrN5O/c6-5-10-2-3(7)8-1-9-4(2)11(5)12/h1,12H,(H2,7,8,9). The molecule has 3 N–H and O–H groups in total. The zero-order chi connectivity index (χ0) is 8.72. The number of halogens is 1. The van der Waals surface area contributed by atoms with Gasteiger partial charge in [-0.05, 0) is 15.9 Å². The van der Waals surface area contributed by atoms with E-state index in [4.69, 9.17) is 5.73 Å². The molecule has 0 atom stereocenters. The number of anilines is 1. The molecule has 0 aliphatic rings. The van der Waals surface area contributed by atoms with Crippen molar-refractivity contribution in [1.82, 2.24) is 19.7 Å². The van der Waals surface area contributed by atoms with Crippen LogP contribution in [0.5, 0.6) is 0 Å². The molecule has 0 aromatic carbocycles. The van der Waals surface area contributed by atoms with Crippen molar-refractivity contribution in [3.8, 4) is 0 Å². The normalized spacial score (nSPS) is 10.8. The van der Waals surface area contributed by atoms with E-state index in [2.05, 4.69) is 30.9 Å². The van der Waals surface area contributed by atoms with Crippen molar-refractivity contribution in [2.45, 2.75) is 0 Å². The average molecular weight is 230 g/mol. The van der Waals surface area contributed by atoms with E-state index in [1.54, 1.807) is 0 Å². The Hall–Kier alpha value is -1.37. The van der Waals surface area contributed by atoms with E-state index in [0.29, 0.717) is 5.52 Å². The lowest BCUT2D eigenvalue weighted by atomic mass is 10.5. The molecule has 12 heavy (non-hydrogen) atoms. The Balaban J connectivity index is 2.95. The topological polar surface area (TPSA) is 89.9 Å². The second-order valence-electron chi connectivity index (χ2n) is 2.12. The van der Waals surface area contributed by atoms with E-state index in [-0.39, 0.29) is 16.2 Å². The van der Waals surface area contributed by atoms with Crippen molar-refractivity contribution < 1.29 is 5.21 Å². The Morgan fingerprint density at radius 1 is 1.50 bits per heavy atom. The summed E-state index contributed by atoms with van der Waals surface area (Å²) in [5.74, 6) is 0.244. The van der Waals surface area contributed by atoms with Crippen LogP contribution in [0.2, 0.25) is 0 Å². The summed E-state index contributed by atoms with van der Waals surface area (Å²) in [6.45, 7) is 0. The van der Waals surface area contributed by atoms with Crippen LogP contribution in [-0.2, 0) is 0 Å². The summed E-state index contributed by atoms with van der Waals surface area (Å²) in [4.78, 5) is 11.4. The fourth-order valence-corrected chi connectivity index (χ4v) is 1.22. The SMILES string of the molecule is Nc1ncnc2c1nc(Br)n2O. The number of imidazole rings is 1. The van der Waals surface area contributed by atoms with Gasteiger partial charge in [-0.2, -0.15) is 0 Å². The Morgan fingerprint density at radius 3 is 2.92 bits per heavy atom. The Kier molecular flexibility index (Phi) is 1.40. The lowest BCUT2D eigenvalue weighted by Gasteiger charge is -1.92. The average Bonchev–Trinajstić information content (AvgIpc) is 2.32. The Labute approximate surface area is 75.1 Å². The molecule has 0 fully saturated rings. The third-order valence-electron chi connectivity index (χ3n) is 1.41. The molecule has 2 heterocycles. The minimum Gasteiger partial charge on any atom is -0.424 e. The van der Waals surface area contributed by atoms with Gasteiger partial charge in [0.05, 0.1) is 0 Å². The first-order valence-electron chi connectivity index (χ1n) is 3.04. The maximum absolute atomic E-state index is 9.28. The summed E-state index contributed by atoms with van der Waals surface area (Å²) in [7, 11) is 0. The van der Waals surface area contributed by atoms with Gasteiger partial charge < -0.3 is 10.9 Å². The molecule has 62 valence electrons. The van der Waals surface area contributed by atoms with Gasteiger partial charge in [-0.3, -0.25) is 0 Å². The molecule has 0 saturated carbocycles. The fourth-order valence-electron chi connectivity index (χ4n) is 0.872. The second kappa shape index (κ2) is 2.31. The van der Waals surface area contributed by atoms with Gasteiger partial charge in [-0.25, -0.2) is 15.0 Å². The lowest BCUT2D eigenvalue weighted by Crippen LogP contribution is -1.95. The van der Waals surface area contributed by atoms with Gasteiger partial charge >= 0.3 is 0 Å². The van der Waals surface area contributed by atoms with Crippen molar-refractivity contribution in [3.05, 3.63) is 11.1 Å². The van der Waals surface area contributed by atoms with E-state index < -0.39 is 0 Å². The smallest absolute Gasteiger partial charge is 0.214 e. The van der Waals surface area contributed by atoms with E-state index in [1.807, 2.05) is 0 Å². The molecular formula is C5H4BrN5O. The fraction of sp³-hybridized carbons (Fsp3) is 0. The highest BCUT2D eigenvalue weighted by molar-refractivity contribution is 9.10. The number of fused-ring (bicyclic) bond motifs is 1. The largest absolute Gasteiger partial charge is 0.424 e. The molecule has 7 heteroatoms. The highest BCUT2D eigenvalue weighted by atomic mass is 79.9. The second-order valence-corrected chi connectivity index (χ2v) is 2.83. The first-order valence-corrected chi connectivity index (χ1v) is 3.83. The molecule has 0 spiro atoms. The van der Waals surface area contributed by atoms with Gasteiger partial charge in [0.25, 0.3) is 0 Å². The lowest BCUT2D eigenvalue weighted by molar-refractivity contribution is 0.189. The molecule has 2 rings (SSSR count).